The minimum atomic E-state index is 0.154. The van der Waals surface area contributed by atoms with Gasteiger partial charge in [-0.15, -0.1) is 0 Å². The number of nitrogens with two attached hydrogens (primary N) is 1. The van der Waals surface area contributed by atoms with Crippen molar-refractivity contribution in [2.75, 3.05) is 7.11 Å². The lowest BCUT2D eigenvalue weighted by Crippen LogP contribution is -1.99. The van der Waals surface area contributed by atoms with E-state index < -0.39 is 0 Å². The van der Waals surface area contributed by atoms with Crippen molar-refractivity contribution in [3.63, 3.8) is 0 Å². The molecule has 0 aromatic heterocycles. The normalized spacial score (nSPS) is 9.83. The van der Waals surface area contributed by atoms with Crippen LogP contribution in [-0.2, 0) is 11.4 Å². The highest BCUT2D eigenvalue weighted by atomic mass is 16.6. The van der Waals surface area contributed by atoms with Crippen molar-refractivity contribution in [2.24, 2.45) is 5.90 Å². The molecule has 0 unspecified atom stereocenters. The van der Waals surface area contributed by atoms with Gasteiger partial charge in [-0.2, -0.15) is 0 Å². The molecule has 12 heavy (non-hydrogen) atoms. The van der Waals surface area contributed by atoms with E-state index in [-0.39, 0.29) is 12.4 Å². The highest BCUT2D eigenvalue weighted by molar-refractivity contribution is 5.38. The van der Waals surface area contributed by atoms with Crippen LogP contribution in [0.5, 0.6) is 11.5 Å². The van der Waals surface area contributed by atoms with Gasteiger partial charge >= 0.3 is 0 Å². The summed E-state index contributed by atoms with van der Waals surface area (Å²) >= 11 is 0. The summed E-state index contributed by atoms with van der Waals surface area (Å²) in [5.74, 6) is 5.69. The molecule has 0 heterocycles. The summed E-state index contributed by atoms with van der Waals surface area (Å²) in [6.07, 6.45) is 0. The summed E-state index contributed by atoms with van der Waals surface area (Å²) in [5.41, 5.74) is 0.608. The Hall–Kier alpha value is -1.26. The van der Waals surface area contributed by atoms with Crippen molar-refractivity contribution in [3.05, 3.63) is 23.8 Å². The lowest BCUT2D eigenvalue weighted by molar-refractivity contribution is 0.122. The van der Waals surface area contributed by atoms with E-state index in [2.05, 4.69) is 4.84 Å². The van der Waals surface area contributed by atoms with E-state index in [1.54, 1.807) is 19.2 Å². The van der Waals surface area contributed by atoms with Gasteiger partial charge in [-0.25, -0.2) is 5.90 Å². The van der Waals surface area contributed by atoms with Crippen molar-refractivity contribution < 1.29 is 14.7 Å². The summed E-state index contributed by atoms with van der Waals surface area (Å²) in [4.78, 5) is 4.39. The van der Waals surface area contributed by atoms with Crippen molar-refractivity contribution in [3.8, 4) is 11.5 Å². The molecule has 0 amide bonds. The largest absolute Gasteiger partial charge is 0.508 e. The Kier molecular flexibility index (Phi) is 2.90. The van der Waals surface area contributed by atoms with Gasteiger partial charge in [0.2, 0.25) is 0 Å². The fourth-order valence-electron chi connectivity index (χ4n) is 0.894. The van der Waals surface area contributed by atoms with E-state index in [4.69, 9.17) is 10.6 Å². The van der Waals surface area contributed by atoms with Gasteiger partial charge < -0.3 is 9.84 Å². The molecule has 4 nitrogen and oxygen atoms in total. The molecular weight excluding hydrogens is 158 g/mol. The third-order valence-electron chi connectivity index (χ3n) is 1.53. The highest BCUT2D eigenvalue weighted by Crippen LogP contribution is 2.22. The summed E-state index contributed by atoms with van der Waals surface area (Å²) < 4.78 is 4.95. The molecule has 0 aliphatic carbocycles. The Morgan fingerprint density at radius 1 is 1.50 bits per heavy atom. The van der Waals surface area contributed by atoms with Crippen LogP contribution in [0.1, 0.15) is 5.56 Å². The number of phenols is 1. The minimum absolute atomic E-state index is 0.154. The number of methoxy groups -OCH3 is 1. The molecule has 4 heteroatoms. The zero-order valence-electron chi connectivity index (χ0n) is 6.78. The van der Waals surface area contributed by atoms with Crippen LogP contribution < -0.4 is 10.6 Å². The number of benzene rings is 1. The zero-order valence-corrected chi connectivity index (χ0v) is 6.78. The van der Waals surface area contributed by atoms with Crippen LogP contribution in [0.2, 0.25) is 0 Å². The molecule has 0 saturated carbocycles. The Bertz CT molecular complexity index is 262. The van der Waals surface area contributed by atoms with Gasteiger partial charge in [0.05, 0.1) is 13.7 Å². The van der Waals surface area contributed by atoms with Gasteiger partial charge in [0.1, 0.15) is 11.5 Å². The molecule has 1 aromatic carbocycles. The smallest absolute Gasteiger partial charge is 0.121 e. The fraction of sp³-hybridized carbons (Fsp3) is 0.250. The number of aromatic hydroxyl groups is 1. The third-order valence-corrected chi connectivity index (χ3v) is 1.53. The average molecular weight is 169 g/mol. The SMILES string of the molecule is COc1ccc(O)c(CON)c1. The lowest BCUT2D eigenvalue weighted by atomic mass is 10.2. The predicted molar refractivity (Wildman–Crippen MR) is 43.6 cm³/mol. The van der Waals surface area contributed by atoms with Gasteiger partial charge in [-0.3, -0.25) is 4.84 Å². The summed E-state index contributed by atoms with van der Waals surface area (Å²) in [6.45, 7) is 0.170. The maximum absolute atomic E-state index is 9.27. The van der Waals surface area contributed by atoms with Crippen LogP contribution in [0.15, 0.2) is 18.2 Å². The first-order chi connectivity index (χ1) is 5.77. The minimum Gasteiger partial charge on any atom is -0.508 e. The predicted octanol–water partition coefficient (Wildman–Crippen LogP) is 0.791. The van der Waals surface area contributed by atoms with Crippen molar-refractivity contribution in [2.45, 2.75) is 6.61 Å². The lowest BCUT2D eigenvalue weighted by Gasteiger charge is -2.05. The van der Waals surface area contributed by atoms with Gasteiger partial charge in [0, 0.05) is 5.56 Å². The molecule has 66 valence electrons. The van der Waals surface area contributed by atoms with Gasteiger partial charge in [0.15, 0.2) is 0 Å². The second kappa shape index (κ2) is 3.94. The van der Waals surface area contributed by atoms with Crippen LogP contribution in [0.4, 0.5) is 0 Å². The molecule has 0 bridgehead atoms. The molecule has 3 N–H and O–H groups in total. The zero-order chi connectivity index (χ0) is 8.97. The average Bonchev–Trinajstić information content (AvgIpc) is 2.09. The summed E-state index contributed by atoms with van der Waals surface area (Å²) in [6, 6.07) is 4.87. The van der Waals surface area contributed by atoms with Crippen molar-refractivity contribution in [1.82, 2.24) is 0 Å². The third kappa shape index (κ3) is 1.87. The van der Waals surface area contributed by atoms with E-state index in [1.807, 2.05) is 0 Å². The van der Waals surface area contributed by atoms with Crippen LogP contribution in [-0.4, -0.2) is 12.2 Å². The molecule has 0 atom stereocenters. The molecular formula is C8H11NO3. The topological polar surface area (TPSA) is 64.7 Å². The monoisotopic (exact) mass is 169 g/mol. The van der Waals surface area contributed by atoms with Crippen LogP contribution in [0.3, 0.4) is 0 Å². The van der Waals surface area contributed by atoms with E-state index >= 15 is 0 Å². The molecule has 0 aliphatic rings. The maximum atomic E-state index is 9.27. The van der Waals surface area contributed by atoms with Gasteiger partial charge in [-0.1, -0.05) is 0 Å². The molecule has 0 radical (unpaired) electrons. The van der Waals surface area contributed by atoms with Crippen LogP contribution in [0, 0.1) is 0 Å². The van der Waals surface area contributed by atoms with Gasteiger partial charge in [0.25, 0.3) is 0 Å². The van der Waals surface area contributed by atoms with Crippen LogP contribution >= 0.6 is 0 Å². The van der Waals surface area contributed by atoms with E-state index in [9.17, 15) is 5.11 Å². The second-order valence-corrected chi connectivity index (χ2v) is 2.31. The molecule has 0 spiro atoms. The number of rotatable bonds is 3. The number of hydrogen-bond acceptors (Lipinski definition) is 4. The van der Waals surface area contributed by atoms with E-state index in [0.29, 0.717) is 11.3 Å². The Morgan fingerprint density at radius 3 is 2.83 bits per heavy atom. The molecule has 0 fully saturated rings. The van der Waals surface area contributed by atoms with E-state index in [1.165, 1.54) is 6.07 Å². The van der Waals surface area contributed by atoms with Crippen LogP contribution in [0.25, 0.3) is 0 Å². The Morgan fingerprint density at radius 2 is 2.25 bits per heavy atom. The quantitative estimate of drug-likeness (QED) is 0.656. The molecule has 1 rings (SSSR count). The van der Waals surface area contributed by atoms with E-state index in [0.717, 1.165) is 0 Å². The number of hydrogen-bond donors (Lipinski definition) is 2. The molecule has 0 aliphatic heterocycles. The first kappa shape index (κ1) is 8.83. The van der Waals surface area contributed by atoms with Crippen molar-refractivity contribution in [1.29, 1.82) is 0 Å². The summed E-state index contributed by atoms with van der Waals surface area (Å²) in [5, 5.41) is 9.27. The number of phenolic OH excluding ortho intramolecular Hbond substituents is 1. The Labute approximate surface area is 70.5 Å². The first-order valence-corrected chi connectivity index (χ1v) is 3.45. The number of ether oxygens (including phenoxy) is 1. The highest BCUT2D eigenvalue weighted by Gasteiger charge is 2.01. The summed E-state index contributed by atoms with van der Waals surface area (Å²) in [7, 11) is 1.56. The van der Waals surface area contributed by atoms with Gasteiger partial charge in [-0.05, 0) is 18.2 Å². The molecule has 1 aromatic rings. The second-order valence-electron chi connectivity index (χ2n) is 2.31. The fourth-order valence-corrected chi connectivity index (χ4v) is 0.894. The van der Waals surface area contributed by atoms with Crippen molar-refractivity contribution >= 4 is 0 Å². The standard InChI is InChI=1S/C8H11NO3/c1-11-7-2-3-8(10)6(4-7)5-12-9/h2-4,10H,5,9H2,1H3. The maximum Gasteiger partial charge on any atom is 0.121 e. The Balaban J connectivity index is 2.91. The molecule has 0 saturated heterocycles. The first-order valence-electron chi connectivity index (χ1n) is 3.45.